The molecule has 0 aliphatic carbocycles. The van der Waals surface area contributed by atoms with Crippen molar-refractivity contribution in [3.8, 4) is 11.5 Å². The van der Waals surface area contributed by atoms with Crippen LogP contribution in [0.25, 0.3) is 0 Å². The predicted molar refractivity (Wildman–Crippen MR) is 48.7 cm³/mol. The molecule has 70 valence electrons. The van der Waals surface area contributed by atoms with Gasteiger partial charge >= 0.3 is 7.94 Å². The fourth-order valence-electron chi connectivity index (χ4n) is 1.14. The Morgan fingerprint density at radius 1 is 1.31 bits per heavy atom. The van der Waals surface area contributed by atoms with E-state index in [0.717, 1.165) is 0 Å². The number of hydrogen-bond acceptors (Lipinski definition) is 4. The molecule has 1 N–H and O–H groups in total. The second-order valence-electron chi connectivity index (χ2n) is 2.68. The van der Waals surface area contributed by atoms with Crippen LogP contribution >= 0.6 is 7.94 Å². The molecule has 0 radical (unpaired) electrons. The molecule has 0 amide bonds. The van der Waals surface area contributed by atoms with Crippen molar-refractivity contribution in [2.24, 2.45) is 0 Å². The predicted octanol–water partition coefficient (Wildman–Crippen LogP) is 1.82. The third-order valence-electron chi connectivity index (χ3n) is 1.62. The van der Waals surface area contributed by atoms with E-state index in [2.05, 4.69) is 0 Å². The molecule has 0 saturated carbocycles. The van der Waals surface area contributed by atoms with Gasteiger partial charge in [0.15, 0.2) is 0 Å². The Morgan fingerprint density at radius 2 is 1.85 bits per heavy atom. The molecule has 0 unspecified atom stereocenters. The summed E-state index contributed by atoms with van der Waals surface area (Å²) in [5.41, 5.74) is 0. The van der Waals surface area contributed by atoms with Crippen LogP contribution in [0.4, 0.5) is 0 Å². The Morgan fingerprint density at radius 3 is 2.31 bits per heavy atom. The highest BCUT2D eigenvalue weighted by atomic mass is 31.2. The number of benzene rings is 1. The van der Waals surface area contributed by atoms with Crippen LogP contribution < -0.4 is 9.05 Å². The summed E-state index contributed by atoms with van der Waals surface area (Å²) in [6.07, 6.45) is 0.0850. The molecule has 13 heavy (non-hydrogen) atoms. The minimum atomic E-state index is -2.82. The van der Waals surface area contributed by atoms with E-state index < -0.39 is 7.94 Å². The van der Waals surface area contributed by atoms with Gasteiger partial charge in [-0.2, -0.15) is 4.89 Å². The van der Waals surface area contributed by atoms with Crippen molar-refractivity contribution in [2.45, 2.75) is 0 Å². The first-order valence-electron chi connectivity index (χ1n) is 3.81. The average molecular weight is 201 g/mol. The topological polar surface area (TPSA) is 47.9 Å². The van der Waals surface area contributed by atoms with Gasteiger partial charge < -0.3 is 4.74 Å². The van der Waals surface area contributed by atoms with Crippen LogP contribution in [0.1, 0.15) is 0 Å². The van der Waals surface area contributed by atoms with E-state index in [-0.39, 0.29) is 6.35 Å². The summed E-state index contributed by atoms with van der Waals surface area (Å²) in [4.78, 5) is 9.75. The van der Waals surface area contributed by atoms with Crippen LogP contribution in [0.15, 0.2) is 24.3 Å². The summed E-state index contributed by atoms with van der Waals surface area (Å²) < 4.78 is 15.3. The van der Waals surface area contributed by atoms with Gasteiger partial charge in [0.1, 0.15) is 0 Å². The lowest BCUT2D eigenvalue weighted by molar-refractivity contribution is 0.216. The molecule has 1 aromatic rings. The van der Waals surface area contributed by atoms with Gasteiger partial charge in [-0.25, -0.2) is 0 Å². The molecule has 0 spiro atoms. The molecule has 4 nitrogen and oxygen atoms in total. The van der Waals surface area contributed by atoms with Crippen LogP contribution in [0.3, 0.4) is 0 Å². The maximum absolute atomic E-state index is 9.75. The highest BCUT2D eigenvalue weighted by molar-refractivity contribution is 7.61. The fourth-order valence-corrected chi connectivity index (χ4v) is 2.53. The summed E-state index contributed by atoms with van der Waals surface area (Å²) >= 11 is 0. The van der Waals surface area contributed by atoms with Crippen molar-refractivity contribution < 1.29 is 18.7 Å². The zero-order valence-electron chi connectivity index (χ0n) is 7.14. The second-order valence-corrected chi connectivity index (χ2v) is 4.58. The largest absolute Gasteiger partial charge is 0.523 e. The van der Waals surface area contributed by atoms with Crippen molar-refractivity contribution in [1.29, 1.82) is 0 Å². The summed E-state index contributed by atoms with van der Waals surface area (Å²) in [7, 11) is -1.33. The zero-order valence-corrected chi connectivity index (χ0v) is 8.03. The third kappa shape index (κ3) is 1.61. The first kappa shape index (κ1) is 8.75. The van der Waals surface area contributed by atoms with Gasteiger partial charge in [-0.3, -0.25) is 9.05 Å². The Bertz CT molecular complexity index is 290. The SMILES string of the molecule is COC[P+]1(O)Oc2ccccc2O1. The average Bonchev–Trinajstić information content (AvgIpc) is 2.40. The molecule has 5 heteroatoms. The van der Waals surface area contributed by atoms with Crippen LogP contribution in [-0.4, -0.2) is 18.4 Å². The van der Waals surface area contributed by atoms with E-state index in [9.17, 15) is 4.89 Å². The summed E-state index contributed by atoms with van der Waals surface area (Å²) in [6, 6.07) is 7.15. The van der Waals surface area contributed by atoms with E-state index in [1.54, 1.807) is 12.1 Å². The molecule has 0 fully saturated rings. The van der Waals surface area contributed by atoms with Gasteiger partial charge in [0.2, 0.25) is 11.5 Å². The molecule has 0 aromatic heterocycles. The first-order valence-corrected chi connectivity index (χ1v) is 5.58. The van der Waals surface area contributed by atoms with E-state index in [4.69, 9.17) is 13.8 Å². The summed E-state index contributed by atoms with van der Waals surface area (Å²) in [5.74, 6) is 1.16. The Hall–Kier alpha value is -0.830. The number of methoxy groups -OCH3 is 1. The van der Waals surface area contributed by atoms with Gasteiger partial charge in [-0.15, -0.1) is 0 Å². The Balaban J connectivity index is 2.21. The molecule has 2 rings (SSSR count). The number of para-hydroxylation sites is 2. The molecule has 1 aromatic carbocycles. The normalized spacial score (nSPS) is 17.4. The van der Waals surface area contributed by atoms with Crippen LogP contribution in [-0.2, 0) is 4.74 Å². The van der Waals surface area contributed by atoms with Gasteiger partial charge in [0.25, 0.3) is 6.35 Å². The van der Waals surface area contributed by atoms with Gasteiger partial charge in [-0.1, -0.05) is 12.1 Å². The first-order chi connectivity index (χ1) is 6.23. The lowest BCUT2D eigenvalue weighted by Gasteiger charge is -2.06. The smallest absolute Gasteiger partial charge is 0.342 e. The monoisotopic (exact) mass is 201 g/mol. The van der Waals surface area contributed by atoms with Crippen molar-refractivity contribution >= 4 is 7.94 Å². The standard InChI is InChI=1S/C8H10O4P/c1-10-6-13(9)11-7-4-2-3-5-8(7)12-13/h2-5,9H,6H2,1H3/q+1. The third-order valence-corrected chi connectivity index (χ3v) is 3.17. The highest BCUT2D eigenvalue weighted by Gasteiger charge is 2.50. The molecule has 0 atom stereocenters. The van der Waals surface area contributed by atoms with Crippen LogP contribution in [0.5, 0.6) is 11.5 Å². The minimum Gasteiger partial charge on any atom is -0.342 e. The summed E-state index contributed by atoms with van der Waals surface area (Å²) in [6.45, 7) is 0. The quantitative estimate of drug-likeness (QED) is 0.741. The Kier molecular flexibility index (Phi) is 2.12. The maximum atomic E-state index is 9.75. The molecular weight excluding hydrogens is 191 g/mol. The molecule has 1 heterocycles. The lowest BCUT2D eigenvalue weighted by Crippen LogP contribution is -2.06. The number of hydrogen-bond donors (Lipinski definition) is 1. The van der Waals surface area contributed by atoms with Crippen molar-refractivity contribution in [1.82, 2.24) is 0 Å². The van der Waals surface area contributed by atoms with E-state index in [0.29, 0.717) is 11.5 Å². The van der Waals surface area contributed by atoms with Gasteiger partial charge in [0.05, 0.1) is 0 Å². The second kappa shape index (κ2) is 3.14. The number of ether oxygens (including phenoxy) is 1. The summed E-state index contributed by atoms with van der Waals surface area (Å²) in [5, 5.41) is 0. The molecule has 1 aliphatic heterocycles. The molecule has 0 bridgehead atoms. The maximum Gasteiger partial charge on any atom is 0.523 e. The minimum absolute atomic E-state index is 0.0850. The highest BCUT2D eigenvalue weighted by Crippen LogP contribution is 2.63. The van der Waals surface area contributed by atoms with E-state index in [1.165, 1.54) is 7.11 Å². The molecular formula is C8H10O4P+. The van der Waals surface area contributed by atoms with Crippen molar-refractivity contribution in [2.75, 3.05) is 13.5 Å². The van der Waals surface area contributed by atoms with Gasteiger partial charge in [-0.05, 0) is 12.1 Å². The van der Waals surface area contributed by atoms with Crippen LogP contribution in [0.2, 0.25) is 0 Å². The zero-order chi connectivity index (χ0) is 9.31. The molecule has 0 saturated heterocycles. The number of fused-ring (bicyclic) bond motifs is 1. The molecule has 1 aliphatic rings. The van der Waals surface area contributed by atoms with E-state index >= 15 is 0 Å². The van der Waals surface area contributed by atoms with Gasteiger partial charge in [0, 0.05) is 7.11 Å². The van der Waals surface area contributed by atoms with Crippen LogP contribution in [0, 0.1) is 0 Å². The van der Waals surface area contributed by atoms with E-state index in [1.807, 2.05) is 12.1 Å². The fraction of sp³-hybridized carbons (Fsp3) is 0.250. The number of rotatable bonds is 2. The lowest BCUT2D eigenvalue weighted by atomic mass is 10.3. The van der Waals surface area contributed by atoms with Crippen molar-refractivity contribution in [3.05, 3.63) is 24.3 Å². The Labute approximate surface area is 76.6 Å². The van der Waals surface area contributed by atoms with Crippen molar-refractivity contribution in [3.63, 3.8) is 0 Å².